The summed E-state index contributed by atoms with van der Waals surface area (Å²) in [5.41, 5.74) is 1.06. The van der Waals surface area contributed by atoms with Gasteiger partial charge in [-0.2, -0.15) is 0 Å². The van der Waals surface area contributed by atoms with Crippen molar-refractivity contribution >= 4 is 51.8 Å². The molecule has 6 nitrogen and oxygen atoms in total. The topological polar surface area (TPSA) is 56.7 Å². The van der Waals surface area contributed by atoms with Gasteiger partial charge in [-0.3, -0.25) is 4.99 Å². The van der Waals surface area contributed by atoms with E-state index in [1.807, 2.05) is 12.1 Å². The number of benzene rings is 1. The van der Waals surface area contributed by atoms with Crippen LogP contribution in [0.4, 0.5) is 10.3 Å². The van der Waals surface area contributed by atoms with Crippen molar-refractivity contribution in [3.63, 3.8) is 0 Å². The monoisotopic (exact) mass is 562 g/mol. The minimum absolute atomic E-state index is 0. The number of hydrogen-bond donors (Lipinski definition) is 1. The van der Waals surface area contributed by atoms with Crippen molar-refractivity contribution in [3.05, 3.63) is 52.5 Å². The van der Waals surface area contributed by atoms with E-state index in [0.717, 1.165) is 56.6 Å². The van der Waals surface area contributed by atoms with Crippen LogP contribution in [0.25, 0.3) is 0 Å². The molecule has 0 aliphatic carbocycles. The van der Waals surface area contributed by atoms with Crippen LogP contribution in [-0.4, -0.2) is 60.1 Å². The van der Waals surface area contributed by atoms with Crippen molar-refractivity contribution in [2.45, 2.75) is 13.3 Å². The lowest BCUT2D eigenvalue weighted by molar-refractivity contribution is 0.370. The van der Waals surface area contributed by atoms with Crippen molar-refractivity contribution in [1.29, 1.82) is 0 Å². The van der Waals surface area contributed by atoms with Gasteiger partial charge in [0.2, 0.25) is 5.95 Å². The van der Waals surface area contributed by atoms with Crippen LogP contribution >= 0.6 is 39.9 Å². The standard InChI is InChI=1S/C19H24BrFN6.HI/c1-2-22-18(25-9-6-15-4-5-17(21)16(20)14-15)26-10-12-27(13-11-26)19-23-7-3-8-24-19;/h3-5,7-8,14H,2,6,9-13H2,1H3,(H,22,25);1H. The van der Waals surface area contributed by atoms with E-state index in [0.29, 0.717) is 11.0 Å². The first kappa shape index (κ1) is 22.8. The van der Waals surface area contributed by atoms with E-state index < -0.39 is 0 Å². The third-order valence-corrected chi connectivity index (χ3v) is 5.00. The molecule has 0 atom stereocenters. The summed E-state index contributed by atoms with van der Waals surface area (Å²) in [7, 11) is 0. The normalized spacial score (nSPS) is 14.6. The molecular formula is C19H25BrFIN6. The van der Waals surface area contributed by atoms with Crippen molar-refractivity contribution < 1.29 is 4.39 Å². The zero-order valence-electron chi connectivity index (χ0n) is 15.8. The second-order valence-corrected chi connectivity index (χ2v) is 7.11. The number of nitrogens with zero attached hydrogens (tertiary/aromatic N) is 5. The van der Waals surface area contributed by atoms with Gasteiger partial charge in [0.05, 0.1) is 4.47 Å². The van der Waals surface area contributed by atoms with Crippen LogP contribution < -0.4 is 10.2 Å². The van der Waals surface area contributed by atoms with E-state index >= 15 is 0 Å². The maximum Gasteiger partial charge on any atom is 0.225 e. The third kappa shape index (κ3) is 6.26. The smallest absolute Gasteiger partial charge is 0.225 e. The zero-order chi connectivity index (χ0) is 19.1. The van der Waals surface area contributed by atoms with Crippen molar-refractivity contribution in [2.75, 3.05) is 44.2 Å². The number of rotatable bonds is 5. The number of anilines is 1. The predicted molar refractivity (Wildman–Crippen MR) is 125 cm³/mol. The summed E-state index contributed by atoms with van der Waals surface area (Å²) in [6.07, 6.45) is 4.31. The Bertz CT molecular complexity index is 768. The summed E-state index contributed by atoms with van der Waals surface area (Å²) >= 11 is 3.23. The molecule has 0 amide bonds. The van der Waals surface area contributed by atoms with Gasteiger partial charge in [0.25, 0.3) is 0 Å². The SMILES string of the molecule is CCNC(=NCCc1ccc(F)c(Br)c1)N1CCN(c2ncccn2)CC1.I. The van der Waals surface area contributed by atoms with Gasteiger partial charge < -0.3 is 15.1 Å². The Morgan fingerprint density at radius 2 is 1.93 bits per heavy atom. The summed E-state index contributed by atoms with van der Waals surface area (Å²) < 4.78 is 13.8. The third-order valence-electron chi connectivity index (χ3n) is 4.40. The fourth-order valence-electron chi connectivity index (χ4n) is 2.98. The highest BCUT2D eigenvalue weighted by atomic mass is 127. The van der Waals surface area contributed by atoms with Crippen LogP contribution in [0.2, 0.25) is 0 Å². The number of aliphatic imine (C=N–C) groups is 1. The van der Waals surface area contributed by atoms with Gasteiger partial charge in [0.1, 0.15) is 5.82 Å². The lowest BCUT2D eigenvalue weighted by Gasteiger charge is -2.36. The van der Waals surface area contributed by atoms with Crippen molar-refractivity contribution in [2.24, 2.45) is 4.99 Å². The van der Waals surface area contributed by atoms with Gasteiger partial charge in [-0.05, 0) is 53.0 Å². The number of nitrogens with one attached hydrogen (secondary N) is 1. The van der Waals surface area contributed by atoms with Crippen LogP contribution in [0, 0.1) is 5.82 Å². The lowest BCUT2D eigenvalue weighted by atomic mass is 10.1. The molecule has 1 N–H and O–H groups in total. The molecule has 9 heteroatoms. The summed E-state index contributed by atoms with van der Waals surface area (Å²) in [6.45, 7) is 7.00. The molecule has 1 fully saturated rings. The quantitative estimate of drug-likeness (QED) is 0.344. The van der Waals surface area contributed by atoms with Crippen LogP contribution in [-0.2, 0) is 6.42 Å². The molecule has 2 aromatic rings. The summed E-state index contributed by atoms with van der Waals surface area (Å²) in [5.74, 6) is 1.46. The summed E-state index contributed by atoms with van der Waals surface area (Å²) in [4.78, 5) is 17.9. The molecule has 0 unspecified atom stereocenters. The Morgan fingerprint density at radius 1 is 1.21 bits per heavy atom. The first-order chi connectivity index (χ1) is 13.2. The van der Waals surface area contributed by atoms with Crippen LogP contribution in [0.5, 0.6) is 0 Å². The Balaban J connectivity index is 0.00000280. The molecule has 0 saturated carbocycles. The molecule has 3 rings (SSSR count). The van der Waals surface area contributed by atoms with Gasteiger partial charge in [0, 0.05) is 51.7 Å². The largest absolute Gasteiger partial charge is 0.357 e. The van der Waals surface area contributed by atoms with Gasteiger partial charge in [0.15, 0.2) is 5.96 Å². The predicted octanol–water partition coefficient (Wildman–Crippen LogP) is 3.33. The maximum atomic E-state index is 13.3. The highest BCUT2D eigenvalue weighted by molar-refractivity contribution is 14.0. The molecule has 152 valence electrons. The molecule has 1 saturated heterocycles. The lowest BCUT2D eigenvalue weighted by Crippen LogP contribution is -2.53. The maximum absolute atomic E-state index is 13.3. The molecule has 1 aromatic heterocycles. The summed E-state index contributed by atoms with van der Waals surface area (Å²) in [5, 5.41) is 3.37. The number of halogens is 3. The molecular weight excluding hydrogens is 538 g/mol. The molecule has 0 radical (unpaired) electrons. The van der Waals surface area contributed by atoms with Crippen molar-refractivity contribution in [3.8, 4) is 0 Å². The average Bonchev–Trinajstić information content (AvgIpc) is 2.71. The molecule has 1 aliphatic heterocycles. The Morgan fingerprint density at radius 3 is 2.57 bits per heavy atom. The van der Waals surface area contributed by atoms with Crippen LogP contribution in [0.1, 0.15) is 12.5 Å². The van der Waals surface area contributed by atoms with Gasteiger partial charge in [-0.25, -0.2) is 14.4 Å². The molecule has 1 aromatic carbocycles. The Kier molecular flexibility index (Phi) is 9.36. The molecule has 28 heavy (non-hydrogen) atoms. The average molecular weight is 563 g/mol. The van der Waals surface area contributed by atoms with Crippen LogP contribution in [0.15, 0.2) is 46.1 Å². The van der Waals surface area contributed by atoms with Gasteiger partial charge in [-0.15, -0.1) is 24.0 Å². The highest BCUT2D eigenvalue weighted by Crippen LogP contribution is 2.17. The molecule has 1 aliphatic rings. The molecule has 0 bridgehead atoms. The number of piperazine rings is 1. The number of aromatic nitrogens is 2. The number of guanidine groups is 1. The minimum atomic E-state index is -0.240. The van der Waals surface area contributed by atoms with E-state index in [2.05, 4.69) is 47.9 Å². The fourth-order valence-corrected chi connectivity index (χ4v) is 3.41. The van der Waals surface area contributed by atoms with E-state index in [1.165, 1.54) is 6.07 Å². The molecule has 0 spiro atoms. The minimum Gasteiger partial charge on any atom is -0.357 e. The van der Waals surface area contributed by atoms with E-state index in [4.69, 9.17) is 4.99 Å². The summed E-state index contributed by atoms with van der Waals surface area (Å²) in [6, 6.07) is 6.94. The van der Waals surface area contributed by atoms with Gasteiger partial charge >= 0.3 is 0 Å². The first-order valence-electron chi connectivity index (χ1n) is 9.16. The highest BCUT2D eigenvalue weighted by Gasteiger charge is 2.20. The van der Waals surface area contributed by atoms with Gasteiger partial charge in [-0.1, -0.05) is 6.07 Å². The Hall–Kier alpha value is -1.49. The molecule has 2 heterocycles. The van der Waals surface area contributed by atoms with E-state index in [-0.39, 0.29) is 29.8 Å². The van der Waals surface area contributed by atoms with E-state index in [1.54, 1.807) is 18.5 Å². The first-order valence-corrected chi connectivity index (χ1v) is 9.96. The van der Waals surface area contributed by atoms with Crippen molar-refractivity contribution in [1.82, 2.24) is 20.2 Å². The fraction of sp³-hybridized carbons (Fsp3) is 0.421. The Labute approximate surface area is 190 Å². The second kappa shape index (κ2) is 11.5. The number of hydrogen-bond acceptors (Lipinski definition) is 4. The van der Waals surface area contributed by atoms with E-state index in [9.17, 15) is 4.39 Å². The second-order valence-electron chi connectivity index (χ2n) is 6.26. The zero-order valence-corrected chi connectivity index (χ0v) is 19.7. The van der Waals surface area contributed by atoms with Crippen LogP contribution in [0.3, 0.4) is 0 Å².